The summed E-state index contributed by atoms with van der Waals surface area (Å²) in [5.41, 5.74) is 10.1. The third-order valence-electron chi connectivity index (χ3n) is 3.27. The van der Waals surface area contributed by atoms with Gasteiger partial charge in [0, 0.05) is 29.3 Å². The molecular weight excluding hydrogens is 264 g/mol. The zero-order valence-corrected chi connectivity index (χ0v) is 11.5. The highest BCUT2D eigenvalue weighted by molar-refractivity contribution is 6.05. The van der Waals surface area contributed by atoms with Crippen LogP contribution in [0.25, 0.3) is 11.0 Å². The van der Waals surface area contributed by atoms with Crippen molar-refractivity contribution in [3.63, 3.8) is 0 Å². The molecule has 0 saturated carbocycles. The largest absolute Gasteiger partial charge is 0.398 e. The highest BCUT2D eigenvalue weighted by Gasteiger charge is 2.08. The van der Waals surface area contributed by atoms with Gasteiger partial charge >= 0.3 is 0 Å². The van der Waals surface area contributed by atoms with Crippen molar-refractivity contribution < 1.29 is 4.79 Å². The van der Waals surface area contributed by atoms with Gasteiger partial charge in [-0.3, -0.25) is 14.8 Å². The molecule has 0 fully saturated rings. The molecule has 3 N–H and O–H groups in total. The molecule has 1 heterocycles. The van der Waals surface area contributed by atoms with Gasteiger partial charge in [-0.15, -0.1) is 0 Å². The summed E-state index contributed by atoms with van der Waals surface area (Å²) in [5, 5.41) is 2.83. The molecule has 21 heavy (non-hydrogen) atoms. The van der Waals surface area contributed by atoms with Crippen molar-refractivity contribution in [1.29, 1.82) is 0 Å². The fourth-order valence-electron chi connectivity index (χ4n) is 2.03. The lowest BCUT2D eigenvalue weighted by atomic mass is 10.1. The molecule has 2 aromatic carbocycles. The maximum atomic E-state index is 12.2. The number of carbonyl (C=O) groups excluding carboxylic acids is 1. The predicted molar refractivity (Wildman–Crippen MR) is 83.1 cm³/mol. The van der Waals surface area contributed by atoms with Gasteiger partial charge < -0.3 is 11.1 Å². The van der Waals surface area contributed by atoms with Gasteiger partial charge in [-0.25, -0.2) is 0 Å². The van der Waals surface area contributed by atoms with E-state index in [1.807, 2.05) is 19.1 Å². The number of aryl methyl sites for hydroxylation is 1. The molecule has 0 atom stereocenters. The monoisotopic (exact) mass is 278 g/mol. The summed E-state index contributed by atoms with van der Waals surface area (Å²) in [7, 11) is 0. The Labute approximate surface area is 121 Å². The minimum atomic E-state index is -0.204. The lowest BCUT2D eigenvalue weighted by Gasteiger charge is -2.07. The maximum Gasteiger partial charge on any atom is 0.255 e. The van der Waals surface area contributed by atoms with Crippen LogP contribution in [0, 0.1) is 6.92 Å². The molecule has 5 nitrogen and oxygen atoms in total. The predicted octanol–water partition coefficient (Wildman–Crippen LogP) is 2.77. The van der Waals surface area contributed by atoms with Gasteiger partial charge in [0.25, 0.3) is 5.91 Å². The Morgan fingerprint density at radius 2 is 1.81 bits per heavy atom. The quantitative estimate of drug-likeness (QED) is 0.706. The van der Waals surface area contributed by atoms with E-state index < -0.39 is 0 Å². The first-order valence-corrected chi connectivity index (χ1v) is 6.52. The van der Waals surface area contributed by atoms with Gasteiger partial charge in [0.2, 0.25) is 0 Å². The molecule has 0 aliphatic heterocycles. The first-order chi connectivity index (χ1) is 10.1. The van der Waals surface area contributed by atoms with Crippen molar-refractivity contribution in [3.05, 3.63) is 59.9 Å². The number of carbonyl (C=O) groups is 1. The minimum absolute atomic E-state index is 0.204. The maximum absolute atomic E-state index is 12.2. The highest BCUT2D eigenvalue weighted by Crippen LogP contribution is 2.17. The topological polar surface area (TPSA) is 80.9 Å². The van der Waals surface area contributed by atoms with Crippen LogP contribution in [0.3, 0.4) is 0 Å². The van der Waals surface area contributed by atoms with Crippen LogP contribution in [0.4, 0.5) is 11.4 Å². The number of nitrogens with one attached hydrogen (secondary N) is 1. The first-order valence-electron chi connectivity index (χ1n) is 6.52. The molecule has 5 heteroatoms. The molecule has 0 radical (unpaired) electrons. The number of hydrogen-bond acceptors (Lipinski definition) is 4. The van der Waals surface area contributed by atoms with E-state index in [4.69, 9.17) is 5.73 Å². The second-order valence-corrected chi connectivity index (χ2v) is 4.79. The smallest absolute Gasteiger partial charge is 0.255 e. The third kappa shape index (κ3) is 2.67. The van der Waals surface area contributed by atoms with Crippen LogP contribution >= 0.6 is 0 Å². The van der Waals surface area contributed by atoms with E-state index in [0.29, 0.717) is 16.9 Å². The standard InChI is InChI=1S/C16H14N4O/c1-10-2-3-11(8-13(10)17)16(21)20-12-4-5-14-15(9-12)19-7-6-18-14/h2-9H,17H2,1H3,(H,20,21). The lowest BCUT2D eigenvalue weighted by Crippen LogP contribution is -2.12. The van der Waals surface area contributed by atoms with Crippen LogP contribution in [0.5, 0.6) is 0 Å². The number of aromatic nitrogens is 2. The van der Waals surface area contributed by atoms with Crippen LogP contribution < -0.4 is 11.1 Å². The van der Waals surface area contributed by atoms with Crippen LogP contribution in [0.1, 0.15) is 15.9 Å². The number of nitrogens with two attached hydrogens (primary N) is 1. The normalized spacial score (nSPS) is 10.5. The molecule has 0 spiro atoms. The van der Waals surface area contributed by atoms with Gasteiger partial charge in [0.15, 0.2) is 0 Å². The Kier molecular flexibility index (Phi) is 3.23. The molecule has 0 aliphatic rings. The number of nitrogen functional groups attached to an aromatic ring is 1. The number of hydrogen-bond donors (Lipinski definition) is 2. The number of rotatable bonds is 2. The van der Waals surface area contributed by atoms with E-state index in [1.54, 1.807) is 36.7 Å². The Balaban J connectivity index is 1.87. The highest BCUT2D eigenvalue weighted by atomic mass is 16.1. The molecule has 3 aromatic rings. The van der Waals surface area contributed by atoms with Gasteiger partial charge in [-0.2, -0.15) is 0 Å². The zero-order valence-electron chi connectivity index (χ0n) is 11.5. The average Bonchev–Trinajstić information content (AvgIpc) is 2.50. The average molecular weight is 278 g/mol. The number of benzene rings is 2. The van der Waals surface area contributed by atoms with Crippen LogP contribution in [0.2, 0.25) is 0 Å². The molecular formula is C16H14N4O. The van der Waals surface area contributed by atoms with Crippen molar-refractivity contribution in [2.24, 2.45) is 0 Å². The SMILES string of the molecule is Cc1ccc(C(=O)Nc2ccc3nccnc3c2)cc1N. The fraction of sp³-hybridized carbons (Fsp3) is 0.0625. The summed E-state index contributed by atoms with van der Waals surface area (Å²) in [5.74, 6) is -0.204. The van der Waals surface area contributed by atoms with Crippen molar-refractivity contribution in [2.45, 2.75) is 6.92 Å². The van der Waals surface area contributed by atoms with Gasteiger partial charge in [-0.05, 0) is 42.8 Å². The van der Waals surface area contributed by atoms with Crippen molar-refractivity contribution in [2.75, 3.05) is 11.1 Å². The summed E-state index contributed by atoms with van der Waals surface area (Å²) < 4.78 is 0. The second-order valence-electron chi connectivity index (χ2n) is 4.79. The summed E-state index contributed by atoms with van der Waals surface area (Å²) in [6, 6.07) is 10.7. The Hall–Kier alpha value is -2.95. The second kappa shape index (κ2) is 5.20. The number of amides is 1. The van der Waals surface area contributed by atoms with E-state index in [-0.39, 0.29) is 5.91 Å². The summed E-state index contributed by atoms with van der Waals surface area (Å²) in [4.78, 5) is 20.6. The minimum Gasteiger partial charge on any atom is -0.398 e. The number of nitrogens with zero attached hydrogens (tertiary/aromatic N) is 2. The van der Waals surface area contributed by atoms with Gasteiger partial charge in [-0.1, -0.05) is 6.07 Å². The Morgan fingerprint density at radius 1 is 1.05 bits per heavy atom. The van der Waals surface area contributed by atoms with E-state index in [2.05, 4.69) is 15.3 Å². The summed E-state index contributed by atoms with van der Waals surface area (Å²) in [6.45, 7) is 1.90. The molecule has 0 bridgehead atoms. The molecule has 104 valence electrons. The van der Waals surface area contributed by atoms with Gasteiger partial charge in [0.1, 0.15) is 0 Å². The lowest BCUT2D eigenvalue weighted by molar-refractivity contribution is 0.102. The van der Waals surface area contributed by atoms with E-state index >= 15 is 0 Å². The van der Waals surface area contributed by atoms with E-state index in [1.165, 1.54) is 0 Å². The molecule has 1 aromatic heterocycles. The van der Waals surface area contributed by atoms with Gasteiger partial charge in [0.05, 0.1) is 11.0 Å². The molecule has 3 rings (SSSR count). The Bertz CT molecular complexity index is 829. The van der Waals surface area contributed by atoms with Crippen molar-refractivity contribution in [3.8, 4) is 0 Å². The van der Waals surface area contributed by atoms with Crippen molar-refractivity contribution in [1.82, 2.24) is 9.97 Å². The number of anilines is 2. The summed E-state index contributed by atoms with van der Waals surface area (Å²) in [6.07, 6.45) is 3.25. The zero-order chi connectivity index (χ0) is 14.8. The first kappa shape index (κ1) is 13.1. The van der Waals surface area contributed by atoms with Crippen LogP contribution in [-0.2, 0) is 0 Å². The molecule has 0 unspecified atom stereocenters. The third-order valence-corrected chi connectivity index (χ3v) is 3.27. The van der Waals surface area contributed by atoms with Crippen LogP contribution in [0.15, 0.2) is 48.8 Å². The number of fused-ring (bicyclic) bond motifs is 1. The van der Waals surface area contributed by atoms with Crippen molar-refractivity contribution >= 4 is 28.3 Å². The van der Waals surface area contributed by atoms with Crippen LogP contribution in [-0.4, -0.2) is 15.9 Å². The molecule has 1 amide bonds. The Morgan fingerprint density at radius 3 is 2.57 bits per heavy atom. The summed E-state index contributed by atoms with van der Waals surface area (Å²) >= 11 is 0. The van der Waals surface area contributed by atoms with E-state index in [9.17, 15) is 4.79 Å². The fourth-order valence-corrected chi connectivity index (χ4v) is 2.03. The van der Waals surface area contributed by atoms with E-state index in [0.717, 1.165) is 16.6 Å². The molecule has 0 saturated heterocycles. The molecule has 0 aliphatic carbocycles.